The van der Waals surface area contributed by atoms with E-state index in [0.717, 1.165) is 6.07 Å². The minimum Gasteiger partial charge on any atom is -0.496 e. The number of nitrogen functional groups attached to an aromatic ring is 1. The number of aliphatic hydroxyl groups is 1. The number of nitrogens with two attached hydrogens (primary N) is 1. The third kappa shape index (κ3) is 8.06. The molecule has 2 heterocycles. The van der Waals surface area contributed by atoms with Crippen LogP contribution in [0.1, 0.15) is 48.5 Å². The molecule has 5 N–H and O–H groups in total. The van der Waals surface area contributed by atoms with Gasteiger partial charge in [0.25, 0.3) is 0 Å². The Hall–Kier alpha value is -2.87. The Morgan fingerprint density at radius 1 is 1.30 bits per heavy atom. The van der Waals surface area contributed by atoms with Crippen LogP contribution in [-0.2, 0) is 10.0 Å². The van der Waals surface area contributed by atoms with E-state index in [9.17, 15) is 22.7 Å². The van der Waals surface area contributed by atoms with Crippen LogP contribution in [0.3, 0.4) is 0 Å². The van der Waals surface area contributed by atoms with Gasteiger partial charge in [-0.15, -0.1) is 0 Å². The molecule has 37 heavy (non-hydrogen) atoms. The number of ketones is 1. The van der Waals surface area contributed by atoms with E-state index in [0.29, 0.717) is 51.9 Å². The van der Waals surface area contributed by atoms with Crippen LogP contribution in [-0.4, -0.2) is 84.8 Å². The fourth-order valence-electron chi connectivity index (χ4n) is 4.08. The molecule has 0 spiro atoms. The second-order valence-corrected chi connectivity index (χ2v) is 11.1. The van der Waals surface area contributed by atoms with Crippen molar-refractivity contribution < 1.29 is 27.4 Å². The van der Waals surface area contributed by atoms with E-state index in [4.69, 9.17) is 10.5 Å². The Balaban J connectivity index is 1.51. The number of carbonyl (C=O) groups excluding carboxylic acids is 1. The maximum atomic E-state index is 13.7. The van der Waals surface area contributed by atoms with Gasteiger partial charge in [-0.3, -0.25) is 4.79 Å². The number of hydrogen-bond donors (Lipinski definition) is 4. The smallest absolute Gasteiger partial charge is 0.224 e. The molecule has 1 aliphatic heterocycles. The number of carbonyl (C=O) groups is 1. The van der Waals surface area contributed by atoms with Crippen molar-refractivity contribution >= 4 is 27.6 Å². The number of ether oxygens (including phenoxy) is 1. The monoisotopic (exact) mass is 538 g/mol. The Morgan fingerprint density at radius 2 is 2.03 bits per heavy atom. The Bertz CT molecular complexity index is 1170. The first-order valence-electron chi connectivity index (χ1n) is 12.2. The van der Waals surface area contributed by atoms with Crippen LogP contribution in [0.15, 0.2) is 24.4 Å². The number of methoxy groups -OCH3 is 1. The summed E-state index contributed by atoms with van der Waals surface area (Å²) in [6.07, 6.45) is 3.26. The fraction of sp³-hybridized carbons (Fsp3) is 0.542. The highest BCUT2D eigenvalue weighted by Gasteiger charge is 2.28. The van der Waals surface area contributed by atoms with Gasteiger partial charge in [-0.05, 0) is 57.4 Å². The molecule has 1 unspecified atom stereocenters. The second kappa shape index (κ2) is 13.1. The summed E-state index contributed by atoms with van der Waals surface area (Å²) < 4.78 is 45.7. The van der Waals surface area contributed by atoms with Gasteiger partial charge in [0.15, 0.2) is 0 Å². The summed E-state index contributed by atoms with van der Waals surface area (Å²) in [5.41, 5.74) is 6.06. The summed E-state index contributed by atoms with van der Waals surface area (Å²) in [6.45, 7) is 3.61. The number of nitrogens with zero attached hydrogens (tertiary/aromatic N) is 3. The molecule has 1 fully saturated rings. The summed E-state index contributed by atoms with van der Waals surface area (Å²) in [4.78, 5) is 21.3. The quantitative estimate of drug-likeness (QED) is 0.217. The van der Waals surface area contributed by atoms with E-state index in [2.05, 4.69) is 20.6 Å². The molecule has 2 aromatic rings. The van der Waals surface area contributed by atoms with E-state index in [-0.39, 0.29) is 40.4 Å². The lowest BCUT2D eigenvalue weighted by Gasteiger charge is -2.31. The molecule has 1 aromatic heterocycles. The third-order valence-corrected chi connectivity index (χ3v) is 8.05. The number of sulfonamides is 1. The van der Waals surface area contributed by atoms with Gasteiger partial charge >= 0.3 is 0 Å². The Labute approximate surface area is 216 Å². The molecule has 0 saturated carbocycles. The van der Waals surface area contributed by atoms with Gasteiger partial charge in [0.1, 0.15) is 17.4 Å². The molecule has 0 radical (unpaired) electrons. The molecule has 11 nitrogen and oxygen atoms in total. The largest absolute Gasteiger partial charge is 0.496 e. The molecule has 1 aromatic carbocycles. The van der Waals surface area contributed by atoms with Crippen LogP contribution in [0.25, 0.3) is 0 Å². The van der Waals surface area contributed by atoms with Crippen LogP contribution in [0.5, 0.6) is 5.75 Å². The molecule has 13 heteroatoms. The van der Waals surface area contributed by atoms with Crippen molar-refractivity contribution in [3.05, 3.63) is 41.3 Å². The SMILES string of the molecule is COc1ccc(F)cc1C(=O)c1cnc(NC2CCN(S(=O)(=O)CCCCNCC(C)O)CC2)nc1N. The number of rotatable bonds is 13. The van der Waals surface area contributed by atoms with Crippen LogP contribution >= 0.6 is 0 Å². The lowest BCUT2D eigenvalue weighted by Crippen LogP contribution is -2.43. The van der Waals surface area contributed by atoms with Crippen molar-refractivity contribution in [1.29, 1.82) is 0 Å². The molecule has 3 rings (SSSR count). The highest BCUT2D eigenvalue weighted by molar-refractivity contribution is 7.89. The minimum atomic E-state index is -3.34. The number of nitrogens with one attached hydrogen (secondary N) is 2. The second-order valence-electron chi connectivity index (χ2n) is 9.06. The predicted molar refractivity (Wildman–Crippen MR) is 139 cm³/mol. The van der Waals surface area contributed by atoms with Crippen molar-refractivity contribution in [2.24, 2.45) is 0 Å². The van der Waals surface area contributed by atoms with Crippen molar-refractivity contribution in [3.8, 4) is 5.75 Å². The first kappa shape index (κ1) is 28.7. The highest BCUT2D eigenvalue weighted by Crippen LogP contribution is 2.25. The summed E-state index contributed by atoms with van der Waals surface area (Å²) in [5.74, 6) is -0.671. The van der Waals surface area contributed by atoms with Gasteiger partial charge in [0, 0.05) is 31.9 Å². The van der Waals surface area contributed by atoms with Crippen LogP contribution in [0, 0.1) is 5.82 Å². The zero-order chi connectivity index (χ0) is 27.0. The molecule has 1 atom stereocenters. The molecular weight excluding hydrogens is 503 g/mol. The topological polar surface area (TPSA) is 160 Å². The fourth-order valence-corrected chi connectivity index (χ4v) is 5.67. The third-order valence-electron chi connectivity index (χ3n) is 6.10. The summed E-state index contributed by atoms with van der Waals surface area (Å²) in [7, 11) is -1.96. The standard InChI is InChI=1S/C24H35FN6O5S/c1-16(32)14-27-9-3-4-12-37(34,35)31-10-7-18(8-11-31)29-24-28-15-20(23(26)30-24)22(33)19-13-17(25)5-6-21(19)36-2/h5-6,13,15-16,18,27,32H,3-4,7-12,14H2,1-2H3,(H3,26,28,29,30). The number of anilines is 2. The average molecular weight is 539 g/mol. The first-order chi connectivity index (χ1) is 17.6. The number of hydrogen-bond acceptors (Lipinski definition) is 10. The van der Waals surface area contributed by atoms with E-state index >= 15 is 0 Å². The number of piperidine rings is 1. The van der Waals surface area contributed by atoms with Crippen LogP contribution in [0.2, 0.25) is 0 Å². The Kier molecular flexibility index (Phi) is 10.1. The number of unbranched alkanes of at least 4 members (excludes halogenated alkanes) is 1. The molecule has 0 amide bonds. The van der Waals surface area contributed by atoms with Crippen LogP contribution in [0.4, 0.5) is 16.2 Å². The molecule has 1 saturated heterocycles. The maximum Gasteiger partial charge on any atom is 0.224 e. The van der Waals surface area contributed by atoms with Crippen molar-refractivity contribution in [2.45, 2.75) is 44.8 Å². The number of aliphatic hydroxyl groups excluding tert-OH is 1. The highest BCUT2D eigenvalue weighted by atomic mass is 32.2. The Morgan fingerprint density at radius 3 is 2.68 bits per heavy atom. The first-order valence-corrected chi connectivity index (χ1v) is 13.9. The predicted octanol–water partition coefficient (Wildman–Crippen LogP) is 1.39. The minimum absolute atomic E-state index is 0.0168. The lowest BCUT2D eigenvalue weighted by molar-refractivity contribution is 0.103. The molecular formula is C24H35FN6O5S. The molecule has 1 aliphatic rings. The zero-order valence-electron chi connectivity index (χ0n) is 21.1. The van der Waals surface area contributed by atoms with Gasteiger partial charge in [0.05, 0.1) is 30.1 Å². The van der Waals surface area contributed by atoms with E-state index < -0.39 is 27.7 Å². The number of benzene rings is 1. The normalized spacial score (nSPS) is 15.9. The number of aromatic nitrogens is 2. The summed E-state index contributed by atoms with van der Waals surface area (Å²) >= 11 is 0. The lowest BCUT2D eigenvalue weighted by atomic mass is 10.0. The molecule has 0 aliphatic carbocycles. The van der Waals surface area contributed by atoms with Crippen molar-refractivity contribution in [1.82, 2.24) is 19.6 Å². The maximum absolute atomic E-state index is 13.7. The number of halogens is 1. The molecule has 204 valence electrons. The zero-order valence-corrected chi connectivity index (χ0v) is 21.9. The van der Waals surface area contributed by atoms with E-state index in [1.165, 1.54) is 29.7 Å². The van der Waals surface area contributed by atoms with Crippen LogP contribution < -0.4 is 21.1 Å². The summed E-state index contributed by atoms with van der Waals surface area (Å²) in [6, 6.07) is 3.57. The van der Waals surface area contributed by atoms with Gasteiger partial charge in [-0.25, -0.2) is 22.1 Å². The van der Waals surface area contributed by atoms with E-state index in [1.54, 1.807) is 6.92 Å². The van der Waals surface area contributed by atoms with E-state index in [1.807, 2.05) is 0 Å². The average Bonchev–Trinajstić information content (AvgIpc) is 2.86. The molecule has 0 bridgehead atoms. The van der Waals surface area contributed by atoms with Gasteiger partial charge in [0.2, 0.25) is 21.8 Å². The van der Waals surface area contributed by atoms with Crippen molar-refractivity contribution in [3.63, 3.8) is 0 Å². The van der Waals surface area contributed by atoms with Gasteiger partial charge < -0.3 is 26.2 Å². The summed E-state index contributed by atoms with van der Waals surface area (Å²) in [5, 5.41) is 15.5. The van der Waals surface area contributed by atoms with Gasteiger partial charge in [-0.2, -0.15) is 4.98 Å². The van der Waals surface area contributed by atoms with Gasteiger partial charge in [-0.1, -0.05) is 0 Å². The van der Waals surface area contributed by atoms with Crippen molar-refractivity contribution in [2.75, 3.05) is 50.1 Å².